The van der Waals surface area contributed by atoms with Crippen molar-refractivity contribution in [2.24, 2.45) is 0 Å². The van der Waals surface area contributed by atoms with Crippen LogP contribution in [0.3, 0.4) is 0 Å². The van der Waals surface area contributed by atoms with Crippen molar-refractivity contribution in [1.82, 2.24) is 19.9 Å². The second-order valence-electron chi connectivity index (χ2n) is 7.87. The highest BCUT2D eigenvalue weighted by molar-refractivity contribution is 5.96. The topological polar surface area (TPSA) is 62.5 Å². The van der Waals surface area contributed by atoms with Crippen LogP contribution in [0, 0.1) is 6.92 Å². The Morgan fingerprint density at radius 1 is 1.03 bits per heavy atom. The van der Waals surface area contributed by atoms with Crippen LogP contribution < -0.4 is 0 Å². The van der Waals surface area contributed by atoms with Gasteiger partial charge in [0.2, 0.25) is 11.7 Å². The molecule has 1 fully saturated rings. The summed E-state index contributed by atoms with van der Waals surface area (Å²) >= 11 is 0. The number of carbonyl (C=O) groups excluding carboxylic acids is 1. The Bertz CT molecular complexity index is 1090. The Balaban J connectivity index is 1.41. The number of benzene rings is 2. The molecule has 1 saturated heterocycles. The molecule has 1 amide bonds. The van der Waals surface area contributed by atoms with E-state index in [0.717, 1.165) is 17.2 Å². The highest BCUT2D eigenvalue weighted by Crippen LogP contribution is 2.32. The van der Waals surface area contributed by atoms with E-state index in [1.54, 1.807) is 0 Å². The van der Waals surface area contributed by atoms with Crippen LogP contribution in [0.25, 0.3) is 11.4 Å². The van der Waals surface area contributed by atoms with Gasteiger partial charge in [-0.25, -0.2) is 0 Å². The Kier molecular flexibility index (Phi) is 6.01. The predicted molar refractivity (Wildman–Crippen MR) is 112 cm³/mol. The van der Waals surface area contributed by atoms with Crippen LogP contribution in [0.4, 0.5) is 13.2 Å². The van der Waals surface area contributed by atoms with Crippen molar-refractivity contribution >= 4 is 5.91 Å². The maximum Gasteiger partial charge on any atom is 0.417 e. The van der Waals surface area contributed by atoms with Gasteiger partial charge in [-0.05, 0) is 26.0 Å². The molecule has 9 heteroatoms. The Labute approximate surface area is 183 Å². The lowest BCUT2D eigenvalue weighted by Gasteiger charge is -2.37. The van der Waals surface area contributed by atoms with Gasteiger partial charge in [0.25, 0.3) is 5.91 Å². The van der Waals surface area contributed by atoms with Crippen molar-refractivity contribution in [3.63, 3.8) is 0 Å². The molecule has 0 N–H and O–H groups in total. The number of nitrogens with zero attached hydrogens (tertiary/aromatic N) is 4. The zero-order valence-electron chi connectivity index (χ0n) is 17.8. The molecular weight excluding hydrogens is 421 g/mol. The van der Waals surface area contributed by atoms with Gasteiger partial charge < -0.3 is 9.42 Å². The van der Waals surface area contributed by atoms with Gasteiger partial charge in [-0.3, -0.25) is 9.69 Å². The van der Waals surface area contributed by atoms with Gasteiger partial charge in [-0.2, -0.15) is 18.2 Å². The number of carbonyl (C=O) groups is 1. The van der Waals surface area contributed by atoms with Crippen LogP contribution in [0.5, 0.6) is 0 Å². The van der Waals surface area contributed by atoms with Gasteiger partial charge in [0.05, 0.1) is 17.2 Å². The molecule has 168 valence electrons. The molecule has 1 atom stereocenters. The summed E-state index contributed by atoms with van der Waals surface area (Å²) < 4.78 is 45.3. The van der Waals surface area contributed by atoms with Gasteiger partial charge >= 0.3 is 6.18 Å². The SMILES string of the molecule is Cc1ccc(-c2noc([C@@H](C)N3CCN(C(=O)c4ccccc4C(F)(F)F)CC3)n2)cc1. The molecule has 2 aromatic carbocycles. The van der Waals surface area contributed by atoms with Crippen LogP contribution in [0.1, 0.15) is 40.3 Å². The molecule has 6 nitrogen and oxygen atoms in total. The summed E-state index contributed by atoms with van der Waals surface area (Å²) in [7, 11) is 0. The Hall–Kier alpha value is -3.20. The first-order chi connectivity index (χ1) is 15.2. The number of alkyl halides is 3. The first kappa shape index (κ1) is 22.0. The molecule has 1 aliphatic heterocycles. The van der Waals surface area contributed by atoms with Crippen LogP contribution in [-0.2, 0) is 6.18 Å². The molecule has 4 rings (SSSR count). The van der Waals surface area contributed by atoms with Gasteiger partial charge in [0, 0.05) is 31.7 Å². The second-order valence-corrected chi connectivity index (χ2v) is 7.87. The quantitative estimate of drug-likeness (QED) is 0.589. The van der Waals surface area contributed by atoms with Crippen LogP contribution in [-0.4, -0.2) is 52.0 Å². The summed E-state index contributed by atoms with van der Waals surface area (Å²) in [5.41, 5.74) is 0.768. The van der Waals surface area contributed by atoms with Crippen molar-refractivity contribution < 1.29 is 22.5 Å². The van der Waals surface area contributed by atoms with E-state index in [0.29, 0.717) is 37.9 Å². The number of rotatable bonds is 4. The molecular formula is C23H23F3N4O2. The monoisotopic (exact) mass is 444 g/mol. The number of halogens is 3. The summed E-state index contributed by atoms with van der Waals surface area (Å²) in [6.45, 7) is 5.54. The van der Waals surface area contributed by atoms with Crippen molar-refractivity contribution in [2.45, 2.75) is 26.1 Å². The summed E-state index contributed by atoms with van der Waals surface area (Å²) in [5.74, 6) is 0.358. The van der Waals surface area contributed by atoms with Gasteiger partial charge in [0.15, 0.2) is 0 Å². The summed E-state index contributed by atoms with van der Waals surface area (Å²) in [6, 6.07) is 12.5. The number of amides is 1. The van der Waals surface area contributed by atoms with Crippen molar-refractivity contribution in [2.75, 3.05) is 26.2 Å². The summed E-state index contributed by atoms with van der Waals surface area (Å²) in [6.07, 6.45) is -4.57. The van der Waals surface area contributed by atoms with E-state index >= 15 is 0 Å². The maximum absolute atomic E-state index is 13.3. The van der Waals surface area contributed by atoms with E-state index < -0.39 is 17.6 Å². The fourth-order valence-electron chi connectivity index (χ4n) is 3.78. The van der Waals surface area contributed by atoms with Gasteiger partial charge in [-0.15, -0.1) is 0 Å². The minimum atomic E-state index is -4.57. The second kappa shape index (κ2) is 8.74. The summed E-state index contributed by atoms with van der Waals surface area (Å²) in [5, 5.41) is 4.06. The first-order valence-electron chi connectivity index (χ1n) is 10.3. The number of piperazine rings is 1. The molecule has 2 heterocycles. The lowest BCUT2D eigenvalue weighted by Crippen LogP contribution is -2.49. The predicted octanol–water partition coefficient (Wildman–Crippen LogP) is 4.58. The maximum atomic E-state index is 13.3. The standard InChI is InChI=1S/C23H23F3N4O2/c1-15-7-9-17(10-8-15)20-27-21(32-28-20)16(2)29-11-13-30(14-12-29)22(31)18-5-3-4-6-19(18)23(24,25)26/h3-10,16H,11-14H2,1-2H3/t16-/m1/s1. The number of hydrogen-bond donors (Lipinski definition) is 0. The molecule has 32 heavy (non-hydrogen) atoms. The zero-order chi connectivity index (χ0) is 22.9. The number of aryl methyl sites for hydroxylation is 1. The first-order valence-corrected chi connectivity index (χ1v) is 10.3. The minimum Gasteiger partial charge on any atom is -0.337 e. The van der Waals surface area contributed by atoms with E-state index in [4.69, 9.17) is 4.52 Å². The Morgan fingerprint density at radius 3 is 2.34 bits per heavy atom. The fraction of sp³-hybridized carbons (Fsp3) is 0.348. The van der Waals surface area contributed by atoms with Crippen molar-refractivity contribution in [1.29, 1.82) is 0 Å². The molecule has 1 aliphatic rings. The molecule has 3 aromatic rings. The lowest BCUT2D eigenvalue weighted by molar-refractivity contribution is -0.138. The molecule has 0 aliphatic carbocycles. The molecule has 0 spiro atoms. The van der Waals surface area contributed by atoms with Crippen molar-refractivity contribution in [3.05, 3.63) is 71.1 Å². The number of hydrogen-bond acceptors (Lipinski definition) is 5. The van der Waals surface area contributed by atoms with E-state index in [9.17, 15) is 18.0 Å². The normalized spacial score (nSPS) is 16.2. The van der Waals surface area contributed by atoms with E-state index in [-0.39, 0.29) is 11.6 Å². The largest absolute Gasteiger partial charge is 0.417 e. The van der Waals surface area contributed by atoms with E-state index in [1.165, 1.54) is 23.1 Å². The average molecular weight is 444 g/mol. The van der Waals surface area contributed by atoms with Gasteiger partial charge in [-0.1, -0.05) is 47.1 Å². The molecule has 0 saturated carbocycles. The highest BCUT2D eigenvalue weighted by atomic mass is 19.4. The molecule has 0 unspecified atom stereocenters. The lowest BCUT2D eigenvalue weighted by atomic mass is 10.1. The zero-order valence-corrected chi connectivity index (χ0v) is 17.8. The number of aromatic nitrogens is 2. The third-order valence-electron chi connectivity index (χ3n) is 5.72. The molecule has 0 bridgehead atoms. The smallest absolute Gasteiger partial charge is 0.337 e. The van der Waals surface area contributed by atoms with Crippen molar-refractivity contribution in [3.8, 4) is 11.4 Å². The molecule has 0 radical (unpaired) electrons. The average Bonchev–Trinajstić information content (AvgIpc) is 3.28. The van der Waals surface area contributed by atoms with Crippen LogP contribution >= 0.6 is 0 Å². The highest BCUT2D eigenvalue weighted by Gasteiger charge is 2.36. The third-order valence-corrected chi connectivity index (χ3v) is 5.72. The third kappa shape index (κ3) is 4.52. The minimum absolute atomic E-state index is 0.179. The molecule has 1 aromatic heterocycles. The van der Waals surface area contributed by atoms with Crippen LogP contribution in [0.2, 0.25) is 0 Å². The Morgan fingerprint density at radius 2 is 1.69 bits per heavy atom. The fourth-order valence-corrected chi connectivity index (χ4v) is 3.78. The van der Waals surface area contributed by atoms with E-state index in [2.05, 4.69) is 15.0 Å². The van der Waals surface area contributed by atoms with Crippen LogP contribution in [0.15, 0.2) is 53.1 Å². The van der Waals surface area contributed by atoms with E-state index in [1.807, 2.05) is 38.1 Å². The summed E-state index contributed by atoms with van der Waals surface area (Å²) in [4.78, 5) is 20.8. The van der Waals surface area contributed by atoms with Gasteiger partial charge in [0.1, 0.15) is 0 Å².